The molecular weight excluding hydrogens is 427 g/mol. The Labute approximate surface area is 183 Å². The van der Waals surface area contributed by atoms with Crippen LogP contribution in [0.1, 0.15) is 11.1 Å². The minimum atomic E-state index is -1.68. The number of halogens is 3. The molecule has 4 nitrogen and oxygen atoms in total. The summed E-state index contributed by atoms with van der Waals surface area (Å²) in [4.78, 5) is 0. The molecule has 0 atom stereocenters. The molecule has 0 unspecified atom stereocenters. The molecular formula is C26H10F3N3O. The first-order valence-corrected chi connectivity index (χ1v) is 9.91. The van der Waals surface area contributed by atoms with Crippen LogP contribution in [0.4, 0.5) is 13.2 Å². The number of aromatic nitrogens is 1. The SMILES string of the molecule is N#Cc1c(F)c(F)c(C#N)c(-n2c3ccccc3c3c4c(ccc32)oc2ccccc24)c1F. The average molecular weight is 437 g/mol. The van der Waals surface area contributed by atoms with Gasteiger partial charge in [0.15, 0.2) is 17.5 Å². The third-order valence-corrected chi connectivity index (χ3v) is 5.92. The number of nitriles is 2. The Morgan fingerprint density at radius 2 is 1.30 bits per heavy atom. The molecule has 2 heterocycles. The molecule has 6 rings (SSSR count). The van der Waals surface area contributed by atoms with Gasteiger partial charge in [0.05, 0.1) is 11.0 Å². The van der Waals surface area contributed by atoms with Crippen LogP contribution >= 0.6 is 0 Å². The number of benzene rings is 4. The van der Waals surface area contributed by atoms with E-state index in [0.717, 1.165) is 10.8 Å². The minimum absolute atomic E-state index is 0.459. The summed E-state index contributed by atoms with van der Waals surface area (Å²) < 4.78 is 51.8. The van der Waals surface area contributed by atoms with Crippen molar-refractivity contribution >= 4 is 43.7 Å². The zero-order valence-corrected chi connectivity index (χ0v) is 16.7. The number of rotatable bonds is 1. The lowest BCUT2D eigenvalue weighted by molar-refractivity contribution is 0.487. The summed E-state index contributed by atoms with van der Waals surface area (Å²) in [6.07, 6.45) is 0. The van der Waals surface area contributed by atoms with Crippen LogP contribution in [0.5, 0.6) is 0 Å². The van der Waals surface area contributed by atoms with Gasteiger partial charge in [0.2, 0.25) is 0 Å². The van der Waals surface area contributed by atoms with Crippen molar-refractivity contribution in [2.75, 3.05) is 0 Å². The van der Waals surface area contributed by atoms with Gasteiger partial charge in [-0.25, -0.2) is 13.2 Å². The molecule has 0 aliphatic heterocycles. The molecule has 0 bridgehead atoms. The minimum Gasteiger partial charge on any atom is -0.456 e. The number of para-hydroxylation sites is 2. The summed E-state index contributed by atoms with van der Waals surface area (Å²) in [7, 11) is 0. The van der Waals surface area contributed by atoms with Crippen molar-refractivity contribution in [3.05, 3.63) is 89.2 Å². The predicted molar refractivity (Wildman–Crippen MR) is 117 cm³/mol. The Balaban J connectivity index is 1.92. The zero-order valence-electron chi connectivity index (χ0n) is 16.7. The van der Waals surface area contributed by atoms with Crippen molar-refractivity contribution in [2.24, 2.45) is 0 Å². The van der Waals surface area contributed by atoms with E-state index in [0.29, 0.717) is 33.0 Å². The summed E-state index contributed by atoms with van der Waals surface area (Å²) in [5.41, 5.74) is -0.204. The van der Waals surface area contributed by atoms with Crippen LogP contribution in [0, 0.1) is 40.1 Å². The lowest BCUT2D eigenvalue weighted by Crippen LogP contribution is -2.09. The van der Waals surface area contributed by atoms with Crippen molar-refractivity contribution < 1.29 is 17.6 Å². The highest BCUT2D eigenvalue weighted by Gasteiger charge is 2.29. The van der Waals surface area contributed by atoms with Crippen molar-refractivity contribution in [3.8, 4) is 17.8 Å². The summed E-state index contributed by atoms with van der Waals surface area (Å²) in [5.74, 6) is -4.54. The normalized spacial score (nSPS) is 11.4. The molecule has 7 heteroatoms. The maximum absolute atomic E-state index is 15.5. The molecule has 0 fully saturated rings. The van der Waals surface area contributed by atoms with Crippen molar-refractivity contribution in [3.63, 3.8) is 0 Å². The van der Waals surface area contributed by atoms with E-state index >= 15 is 4.39 Å². The molecule has 2 aromatic heterocycles. The Morgan fingerprint density at radius 3 is 2.06 bits per heavy atom. The Hall–Kier alpha value is -4.75. The summed E-state index contributed by atoms with van der Waals surface area (Å²) in [6.45, 7) is 0. The van der Waals surface area contributed by atoms with Gasteiger partial charge in [0.1, 0.15) is 40.1 Å². The Kier molecular flexibility index (Phi) is 3.81. The zero-order chi connectivity index (χ0) is 22.9. The first-order chi connectivity index (χ1) is 16.1. The van der Waals surface area contributed by atoms with E-state index in [-0.39, 0.29) is 0 Å². The standard InChI is InChI=1S/C26H10F3N3O/c27-23-15(11-30)25(29)26(16(12-31)24(23)28)32-17-7-3-1-5-13(17)21-18(32)9-10-20-22(21)14-6-2-4-8-19(14)33-20/h1-10H. The smallest absolute Gasteiger partial charge is 0.181 e. The molecule has 0 amide bonds. The number of fused-ring (bicyclic) bond motifs is 7. The van der Waals surface area contributed by atoms with Gasteiger partial charge in [0.25, 0.3) is 0 Å². The van der Waals surface area contributed by atoms with Crippen molar-refractivity contribution in [1.29, 1.82) is 10.5 Å². The Morgan fingerprint density at radius 1 is 0.636 bits per heavy atom. The number of hydrogen-bond acceptors (Lipinski definition) is 3. The maximum atomic E-state index is 15.5. The van der Waals surface area contributed by atoms with Gasteiger partial charge in [-0.05, 0) is 24.3 Å². The number of furan rings is 1. The number of nitrogens with zero attached hydrogens (tertiary/aromatic N) is 3. The maximum Gasteiger partial charge on any atom is 0.181 e. The van der Waals surface area contributed by atoms with E-state index in [1.165, 1.54) is 10.6 Å². The number of hydrogen-bond donors (Lipinski definition) is 0. The fourth-order valence-electron chi connectivity index (χ4n) is 4.57. The first kappa shape index (κ1) is 19.0. The molecule has 4 aromatic carbocycles. The van der Waals surface area contributed by atoms with Crippen LogP contribution in [0.15, 0.2) is 65.1 Å². The van der Waals surface area contributed by atoms with Crippen molar-refractivity contribution in [2.45, 2.75) is 0 Å². The molecule has 156 valence electrons. The summed E-state index contributed by atoms with van der Waals surface area (Å²) in [5, 5.41) is 21.9. The van der Waals surface area contributed by atoms with Gasteiger partial charge >= 0.3 is 0 Å². The average Bonchev–Trinajstić information content (AvgIpc) is 3.37. The van der Waals surface area contributed by atoms with Crippen LogP contribution in [-0.4, -0.2) is 4.57 Å². The van der Waals surface area contributed by atoms with E-state index in [1.54, 1.807) is 36.4 Å². The second-order valence-electron chi connectivity index (χ2n) is 7.55. The molecule has 0 spiro atoms. The first-order valence-electron chi connectivity index (χ1n) is 9.91. The van der Waals surface area contributed by atoms with Crippen LogP contribution < -0.4 is 0 Å². The van der Waals surface area contributed by atoms with Crippen LogP contribution in [0.2, 0.25) is 0 Å². The largest absolute Gasteiger partial charge is 0.456 e. The molecule has 33 heavy (non-hydrogen) atoms. The monoisotopic (exact) mass is 437 g/mol. The van der Waals surface area contributed by atoms with Crippen LogP contribution in [-0.2, 0) is 0 Å². The fraction of sp³-hybridized carbons (Fsp3) is 0. The molecule has 6 aromatic rings. The fourth-order valence-corrected chi connectivity index (χ4v) is 4.57. The predicted octanol–water partition coefficient (Wildman–Crippen LogP) is 6.84. The third kappa shape index (κ3) is 2.34. The molecule has 0 saturated heterocycles. The van der Waals surface area contributed by atoms with Gasteiger partial charge < -0.3 is 8.98 Å². The second-order valence-corrected chi connectivity index (χ2v) is 7.55. The molecule has 0 aliphatic rings. The lowest BCUT2D eigenvalue weighted by Gasteiger charge is -2.13. The van der Waals surface area contributed by atoms with E-state index in [9.17, 15) is 19.3 Å². The highest BCUT2D eigenvalue weighted by molar-refractivity contribution is 6.27. The van der Waals surface area contributed by atoms with Gasteiger partial charge in [-0.1, -0.05) is 36.4 Å². The van der Waals surface area contributed by atoms with Crippen molar-refractivity contribution in [1.82, 2.24) is 4.57 Å². The van der Waals surface area contributed by atoms with E-state index in [4.69, 9.17) is 4.42 Å². The van der Waals surface area contributed by atoms with Gasteiger partial charge in [-0.3, -0.25) is 0 Å². The van der Waals surface area contributed by atoms with Gasteiger partial charge in [-0.2, -0.15) is 10.5 Å². The highest BCUT2D eigenvalue weighted by Crippen LogP contribution is 2.42. The van der Waals surface area contributed by atoms with E-state index in [1.807, 2.05) is 30.3 Å². The third-order valence-electron chi connectivity index (χ3n) is 5.92. The lowest BCUT2D eigenvalue weighted by atomic mass is 10.1. The van der Waals surface area contributed by atoms with Gasteiger partial charge in [0, 0.05) is 21.5 Å². The molecule has 0 saturated carbocycles. The summed E-state index contributed by atoms with van der Waals surface area (Å²) >= 11 is 0. The van der Waals surface area contributed by atoms with Gasteiger partial charge in [-0.15, -0.1) is 0 Å². The van der Waals surface area contributed by atoms with E-state index in [2.05, 4.69) is 0 Å². The van der Waals surface area contributed by atoms with Crippen LogP contribution in [0.25, 0.3) is 49.4 Å². The highest BCUT2D eigenvalue weighted by atomic mass is 19.2. The molecule has 0 N–H and O–H groups in total. The quantitative estimate of drug-likeness (QED) is 0.264. The van der Waals surface area contributed by atoms with Crippen LogP contribution in [0.3, 0.4) is 0 Å². The Bertz CT molecular complexity index is 1880. The molecule has 0 aliphatic carbocycles. The van der Waals surface area contributed by atoms with E-state index < -0.39 is 34.3 Å². The second kappa shape index (κ2) is 6.62. The summed E-state index contributed by atoms with van der Waals surface area (Å²) in [6, 6.07) is 20.8. The molecule has 0 radical (unpaired) electrons. The topological polar surface area (TPSA) is 65.7 Å².